The number of carbonyl (C=O) groups is 1. The zero-order valence-electron chi connectivity index (χ0n) is 19.5. The molecule has 1 N–H and O–H groups in total. The van der Waals surface area contributed by atoms with Gasteiger partial charge in [-0.1, -0.05) is 78.9 Å². The zero-order valence-corrected chi connectivity index (χ0v) is 19.5. The van der Waals surface area contributed by atoms with E-state index >= 15 is 0 Å². The van der Waals surface area contributed by atoms with Gasteiger partial charge in [-0.2, -0.15) is 0 Å². The predicted octanol–water partition coefficient (Wildman–Crippen LogP) is 5.67. The van der Waals surface area contributed by atoms with Gasteiger partial charge in [-0.25, -0.2) is 0 Å². The molecule has 0 aromatic heterocycles. The molecule has 0 aliphatic carbocycles. The number of carbonyl (C=O) groups excluding carboxylic acids is 1. The first kappa shape index (κ1) is 21.9. The Kier molecular flexibility index (Phi) is 6.32. The van der Waals surface area contributed by atoms with Crippen LogP contribution in [0.25, 0.3) is 0 Å². The fraction of sp³-hybridized carbons (Fsp3) is 0.367. The van der Waals surface area contributed by atoms with Gasteiger partial charge >= 0.3 is 0 Å². The molecule has 0 saturated carbocycles. The van der Waals surface area contributed by atoms with E-state index in [0.717, 1.165) is 6.42 Å². The van der Waals surface area contributed by atoms with E-state index in [1.54, 1.807) is 0 Å². The van der Waals surface area contributed by atoms with Crippen LogP contribution >= 0.6 is 0 Å². The second-order valence-corrected chi connectivity index (χ2v) is 9.95. The van der Waals surface area contributed by atoms with E-state index in [2.05, 4.69) is 77.9 Å². The van der Waals surface area contributed by atoms with Crippen molar-refractivity contribution in [3.05, 3.63) is 108 Å². The second kappa shape index (κ2) is 9.52. The smallest absolute Gasteiger partial charge is 0.251 e. The maximum Gasteiger partial charge on any atom is 0.251 e. The van der Waals surface area contributed by atoms with Crippen LogP contribution in [0.4, 0.5) is 0 Å². The molecule has 2 heterocycles. The van der Waals surface area contributed by atoms with Crippen molar-refractivity contribution in [3.8, 4) is 0 Å². The van der Waals surface area contributed by atoms with Crippen molar-refractivity contribution in [1.82, 2.24) is 10.2 Å². The molecule has 3 aromatic rings. The van der Waals surface area contributed by atoms with E-state index in [1.807, 2.05) is 30.3 Å². The van der Waals surface area contributed by atoms with Gasteiger partial charge in [0, 0.05) is 29.6 Å². The lowest BCUT2D eigenvalue weighted by Gasteiger charge is -2.43. The quantitative estimate of drug-likeness (QED) is 0.516. The summed E-state index contributed by atoms with van der Waals surface area (Å²) in [4.78, 5) is 15.7. The Balaban J connectivity index is 1.50. The topological polar surface area (TPSA) is 32.3 Å². The summed E-state index contributed by atoms with van der Waals surface area (Å²) in [6.45, 7) is 0.594. The van der Waals surface area contributed by atoms with Crippen molar-refractivity contribution < 1.29 is 4.79 Å². The summed E-state index contributed by atoms with van der Waals surface area (Å²) in [6, 6.07) is 32.6. The third-order valence-electron chi connectivity index (χ3n) is 8.07. The lowest BCUT2D eigenvalue weighted by molar-refractivity contribution is 0.0931. The van der Waals surface area contributed by atoms with Crippen molar-refractivity contribution in [3.63, 3.8) is 0 Å². The van der Waals surface area contributed by atoms with Crippen molar-refractivity contribution in [2.24, 2.45) is 5.92 Å². The van der Waals surface area contributed by atoms with E-state index in [9.17, 15) is 4.79 Å². The molecule has 2 bridgehead atoms. The van der Waals surface area contributed by atoms with Crippen LogP contribution in [0.15, 0.2) is 91.0 Å². The molecule has 2 aliphatic heterocycles. The van der Waals surface area contributed by atoms with Crippen molar-refractivity contribution in [1.29, 1.82) is 0 Å². The standard InChI is InChI=1S/C30H34N2O/c1-32-27-17-18-28(32)20-23(19-27)21-30(25-13-7-3-8-14-25,26-15-9-4-10-16-26)22-31-29(33)24-11-5-2-6-12-24/h2-16,23,27-28H,17-22H2,1H3,(H,31,33)/t23?,27-,28+. The van der Waals surface area contributed by atoms with E-state index in [-0.39, 0.29) is 11.3 Å². The SMILES string of the molecule is CN1[C@@H]2CC[C@H]1CC(CC(CNC(=O)c1ccccc1)(c1ccccc1)c1ccccc1)C2. The van der Waals surface area contributed by atoms with Crippen LogP contribution in [-0.2, 0) is 5.41 Å². The number of benzene rings is 3. The molecule has 3 aromatic carbocycles. The van der Waals surface area contributed by atoms with E-state index in [1.165, 1.54) is 36.8 Å². The van der Waals surface area contributed by atoms with Crippen LogP contribution in [0.1, 0.15) is 53.6 Å². The van der Waals surface area contributed by atoms with Crippen LogP contribution in [-0.4, -0.2) is 36.5 Å². The highest BCUT2D eigenvalue weighted by atomic mass is 16.1. The average Bonchev–Trinajstić information content (AvgIpc) is 3.07. The van der Waals surface area contributed by atoms with Gasteiger partial charge in [0.2, 0.25) is 0 Å². The minimum absolute atomic E-state index is 0.00437. The summed E-state index contributed by atoms with van der Waals surface area (Å²) in [5, 5.41) is 3.32. The van der Waals surface area contributed by atoms with E-state index in [0.29, 0.717) is 30.1 Å². The first-order valence-corrected chi connectivity index (χ1v) is 12.3. The number of nitrogens with zero attached hydrogens (tertiary/aromatic N) is 1. The molecule has 1 unspecified atom stereocenters. The third-order valence-corrected chi connectivity index (χ3v) is 8.07. The first-order valence-electron chi connectivity index (χ1n) is 12.3. The molecule has 3 heteroatoms. The Morgan fingerprint density at radius 1 is 0.818 bits per heavy atom. The summed E-state index contributed by atoms with van der Waals surface area (Å²) >= 11 is 0. The predicted molar refractivity (Wildman–Crippen MR) is 134 cm³/mol. The molecule has 0 spiro atoms. The molecule has 1 amide bonds. The number of fused-ring (bicyclic) bond motifs is 2. The molecule has 3 nitrogen and oxygen atoms in total. The van der Waals surface area contributed by atoms with Gasteiger partial charge in [0.05, 0.1) is 0 Å². The minimum atomic E-state index is -0.257. The van der Waals surface area contributed by atoms with Crippen LogP contribution < -0.4 is 5.32 Å². The Morgan fingerprint density at radius 2 is 1.30 bits per heavy atom. The monoisotopic (exact) mass is 438 g/mol. The summed E-state index contributed by atoms with van der Waals surface area (Å²) in [6.07, 6.45) is 6.21. The first-order chi connectivity index (χ1) is 16.2. The summed E-state index contributed by atoms with van der Waals surface area (Å²) < 4.78 is 0. The van der Waals surface area contributed by atoms with Gasteiger partial charge in [0.1, 0.15) is 0 Å². The van der Waals surface area contributed by atoms with E-state index in [4.69, 9.17) is 0 Å². The average molecular weight is 439 g/mol. The van der Waals surface area contributed by atoms with Gasteiger partial charge in [-0.15, -0.1) is 0 Å². The maximum absolute atomic E-state index is 13.1. The van der Waals surface area contributed by atoms with Gasteiger partial charge in [0.15, 0.2) is 0 Å². The fourth-order valence-electron chi connectivity index (χ4n) is 6.30. The van der Waals surface area contributed by atoms with Crippen molar-refractivity contribution >= 4 is 5.91 Å². The van der Waals surface area contributed by atoms with Gasteiger partial charge in [-0.3, -0.25) is 4.79 Å². The van der Waals surface area contributed by atoms with Gasteiger partial charge in [-0.05, 0) is 68.3 Å². The summed E-state index contributed by atoms with van der Waals surface area (Å²) in [7, 11) is 2.31. The summed E-state index contributed by atoms with van der Waals surface area (Å²) in [5.41, 5.74) is 3.03. The molecular weight excluding hydrogens is 404 g/mol. The molecule has 170 valence electrons. The van der Waals surface area contributed by atoms with Crippen molar-refractivity contribution in [2.45, 2.75) is 49.6 Å². The minimum Gasteiger partial charge on any atom is -0.351 e. The summed E-state index contributed by atoms with van der Waals surface area (Å²) in [5.74, 6) is 0.642. The highest BCUT2D eigenvalue weighted by Crippen LogP contribution is 2.45. The number of hydrogen-bond acceptors (Lipinski definition) is 2. The molecule has 0 radical (unpaired) electrons. The van der Waals surface area contributed by atoms with Crippen LogP contribution in [0.2, 0.25) is 0 Å². The molecule has 3 atom stereocenters. The normalized spacial score (nSPS) is 22.8. The van der Waals surface area contributed by atoms with Gasteiger partial charge in [0.25, 0.3) is 5.91 Å². The highest BCUT2D eigenvalue weighted by Gasteiger charge is 2.43. The number of amides is 1. The highest BCUT2D eigenvalue weighted by molar-refractivity contribution is 5.94. The fourth-order valence-corrected chi connectivity index (χ4v) is 6.30. The Hall–Kier alpha value is -2.91. The zero-order chi connectivity index (χ0) is 22.7. The van der Waals surface area contributed by atoms with Gasteiger partial charge < -0.3 is 10.2 Å². The molecular formula is C30H34N2O. The third kappa shape index (κ3) is 4.47. The Morgan fingerprint density at radius 3 is 1.82 bits per heavy atom. The number of nitrogens with one attached hydrogen (secondary N) is 1. The molecule has 2 saturated heterocycles. The molecule has 33 heavy (non-hydrogen) atoms. The maximum atomic E-state index is 13.1. The van der Waals surface area contributed by atoms with Crippen LogP contribution in [0.5, 0.6) is 0 Å². The largest absolute Gasteiger partial charge is 0.351 e. The van der Waals surface area contributed by atoms with E-state index < -0.39 is 0 Å². The molecule has 5 rings (SSSR count). The van der Waals surface area contributed by atoms with Crippen molar-refractivity contribution in [2.75, 3.05) is 13.6 Å². The number of rotatable bonds is 7. The Bertz CT molecular complexity index is 997. The lowest BCUT2D eigenvalue weighted by Crippen LogP contribution is -2.46. The number of hydrogen-bond donors (Lipinski definition) is 1. The number of piperidine rings is 1. The van der Waals surface area contributed by atoms with Crippen LogP contribution in [0.3, 0.4) is 0 Å². The Labute approximate surface area is 197 Å². The lowest BCUT2D eigenvalue weighted by atomic mass is 9.67. The molecule has 2 aliphatic rings. The second-order valence-electron chi connectivity index (χ2n) is 9.95. The molecule has 2 fully saturated rings. The van der Waals surface area contributed by atoms with Crippen LogP contribution in [0, 0.1) is 5.92 Å².